The first-order valence-electron chi connectivity index (χ1n) is 13.3. The zero-order chi connectivity index (χ0) is 24.8. The number of unbranched alkanes of at least 4 members (excludes halogenated alkanes) is 9. The number of carbonyl (C=O) groups excluding carboxylic acids is 3. The number of piperazine rings is 1. The lowest BCUT2D eigenvalue weighted by molar-refractivity contribution is -0.147. The zero-order valence-electron chi connectivity index (χ0n) is 21.4. The van der Waals surface area contributed by atoms with Crippen LogP contribution in [-0.2, 0) is 14.3 Å². The van der Waals surface area contributed by atoms with Gasteiger partial charge in [0, 0.05) is 18.7 Å². The second-order valence-electron chi connectivity index (χ2n) is 9.69. The van der Waals surface area contributed by atoms with Gasteiger partial charge in [0.05, 0.1) is 13.0 Å². The molecule has 0 saturated carbocycles. The summed E-state index contributed by atoms with van der Waals surface area (Å²) in [5.74, 6) is -0.569. The predicted octanol–water partition coefficient (Wildman–Crippen LogP) is 5.60. The third-order valence-electron chi connectivity index (χ3n) is 6.54. The molecule has 1 saturated heterocycles. The third kappa shape index (κ3) is 9.47. The molecule has 0 spiro atoms. The van der Waals surface area contributed by atoms with Gasteiger partial charge in [0.15, 0.2) is 0 Å². The van der Waals surface area contributed by atoms with Gasteiger partial charge >= 0.3 is 5.97 Å². The molecule has 1 aromatic rings. The van der Waals surface area contributed by atoms with Gasteiger partial charge in [0.1, 0.15) is 6.04 Å². The molecule has 1 atom stereocenters. The van der Waals surface area contributed by atoms with Crippen LogP contribution in [0.4, 0.5) is 0 Å². The number of nitrogens with one attached hydrogen (secondary N) is 1. The number of benzene rings is 1. The maximum atomic E-state index is 13.1. The summed E-state index contributed by atoms with van der Waals surface area (Å²) in [6.07, 6.45) is 12.1. The minimum atomic E-state index is -0.828. The maximum Gasteiger partial charge on any atom is 0.308 e. The van der Waals surface area contributed by atoms with Crippen molar-refractivity contribution in [2.45, 2.75) is 103 Å². The molecular formula is C28H44N2O4. The van der Waals surface area contributed by atoms with E-state index in [0.717, 1.165) is 24.8 Å². The summed E-state index contributed by atoms with van der Waals surface area (Å²) < 4.78 is 5.38. The molecule has 1 aliphatic heterocycles. The van der Waals surface area contributed by atoms with Crippen molar-refractivity contribution in [3.8, 4) is 0 Å². The molecule has 1 fully saturated rings. The molecule has 0 bridgehead atoms. The van der Waals surface area contributed by atoms with Crippen LogP contribution in [0.1, 0.15) is 113 Å². The molecule has 1 aliphatic rings. The summed E-state index contributed by atoms with van der Waals surface area (Å²) >= 11 is 0. The molecule has 34 heavy (non-hydrogen) atoms. The van der Waals surface area contributed by atoms with Crippen molar-refractivity contribution in [3.05, 3.63) is 35.4 Å². The number of carbonyl (C=O) groups is 3. The highest BCUT2D eigenvalue weighted by atomic mass is 16.5. The lowest BCUT2D eigenvalue weighted by Crippen LogP contribution is -2.57. The number of amides is 2. The summed E-state index contributed by atoms with van der Waals surface area (Å²) in [6.45, 7) is 7.57. The first-order valence-corrected chi connectivity index (χ1v) is 13.3. The van der Waals surface area contributed by atoms with E-state index < -0.39 is 12.0 Å². The normalized spacial score (nSPS) is 15.9. The molecule has 6 heteroatoms. The second kappa shape index (κ2) is 15.5. The number of rotatable bonds is 15. The fourth-order valence-electron chi connectivity index (χ4n) is 4.33. The van der Waals surface area contributed by atoms with Crippen LogP contribution in [0.5, 0.6) is 0 Å². The fraction of sp³-hybridized carbons (Fsp3) is 0.679. The van der Waals surface area contributed by atoms with Gasteiger partial charge in [-0.2, -0.15) is 0 Å². The summed E-state index contributed by atoms with van der Waals surface area (Å²) in [4.78, 5) is 39.4. The molecule has 2 amide bonds. The Morgan fingerprint density at radius 3 is 2.15 bits per heavy atom. The smallest absolute Gasteiger partial charge is 0.308 e. The Morgan fingerprint density at radius 1 is 0.971 bits per heavy atom. The van der Waals surface area contributed by atoms with Gasteiger partial charge in [-0.05, 0) is 30.0 Å². The van der Waals surface area contributed by atoms with E-state index in [0.29, 0.717) is 31.2 Å². The molecule has 6 nitrogen and oxygen atoms in total. The van der Waals surface area contributed by atoms with E-state index in [-0.39, 0.29) is 18.2 Å². The van der Waals surface area contributed by atoms with Gasteiger partial charge < -0.3 is 15.0 Å². The Bertz CT molecular complexity index is 760. The monoisotopic (exact) mass is 472 g/mol. The first-order chi connectivity index (χ1) is 16.4. The van der Waals surface area contributed by atoms with Crippen LogP contribution in [0.2, 0.25) is 0 Å². The standard InChI is InChI=1S/C28H44N2O4/c1-4-5-6-7-8-9-10-11-12-13-20-34-26(31)21-25-27(32)29-18-19-30(25)28(33)24-16-14-23(15-17-24)22(2)3/h14-17,22,25H,4-13,18-21H2,1-3H3,(H,29,32). The van der Waals surface area contributed by atoms with E-state index in [1.807, 2.05) is 12.1 Å². The Kier molecular flexibility index (Phi) is 12.7. The highest BCUT2D eigenvalue weighted by Crippen LogP contribution is 2.19. The number of esters is 1. The van der Waals surface area contributed by atoms with Crippen molar-refractivity contribution in [1.82, 2.24) is 10.2 Å². The lowest BCUT2D eigenvalue weighted by Gasteiger charge is -2.34. The highest BCUT2D eigenvalue weighted by molar-refractivity contribution is 5.99. The second-order valence-corrected chi connectivity index (χ2v) is 9.69. The van der Waals surface area contributed by atoms with Crippen LogP contribution in [-0.4, -0.2) is 48.4 Å². The Hall–Kier alpha value is -2.37. The minimum Gasteiger partial charge on any atom is -0.466 e. The van der Waals surface area contributed by atoms with Crippen LogP contribution >= 0.6 is 0 Å². The molecule has 1 unspecified atom stereocenters. The van der Waals surface area contributed by atoms with Gasteiger partial charge in [-0.3, -0.25) is 14.4 Å². The number of hydrogen-bond acceptors (Lipinski definition) is 4. The van der Waals surface area contributed by atoms with Gasteiger partial charge in [-0.25, -0.2) is 0 Å². The molecule has 0 radical (unpaired) electrons. The van der Waals surface area contributed by atoms with E-state index in [1.54, 1.807) is 12.1 Å². The summed E-state index contributed by atoms with van der Waals surface area (Å²) in [6, 6.07) is 6.65. The van der Waals surface area contributed by atoms with E-state index in [1.165, 1.54) is 49.8 Å². The largest absolute Gasteiger partial charge is 0.466 e. The molecule has 2 rings (SSSR count). The Labute approximate surface area is 205 Å². The number of nitrogens with zero attached hydrogens (tertiary/aromatic N) is 1. The molecule has 1 N–H and O–H groups in total. The van der Waals surface area contributed by atoms with E-state index in [9.17, 15) is 14.4 Å². The van der Waals surface area contributed by atoms with Gasteiger partial charge in [0.25, 0.3) is 5.91 Å². The maximum absolute atomic E-state index is 13.1. The Morgan fingerprint density at radius 2 is 1.56 bits per heavy atom. The SMILES string of the molecule is CCCCCCCCCCCCOC(=O)CC1C(=O)NCCN1C(=O)c1ccc(C(C)C)cc1. The van der Waals surface area contributed by atoms with Crippen LogP contribution in [0.25, 0.3) is 0 Å². The average molecular weight is 473 g/mol. The van der Waals surface area contributed by atoms with Gasteiger partial charge in [0.2, 0.25) is 5.91 Å². The van der Waals surface area contributed by atoms with Crippen molar-refractivity contribution < 1.29 is 19.1 Å². The lowest BCUT2D eigenvalue weighted by atomic mass is 10.0. The number of hydrogen-bond donors (Lipinski definition) is 1. The Balaban J connectivity index is 1.72. The van der Waals surface area contributed by atoms with Crippen LogP contribution < -0.4 is 5.32 Å². The van der Waals surface area contributed by atoms with E-state index in [4.69, 9.17) is 4.74 Å². The summed E-state index contributed by atoms with van der Waals surface area (Å²) in [7, 11) is 0. The summed E-state index contributed by atoms with van der Waals surface area (Å²) in [5, 5.41) is 2.77. The van der Waals surface area contributed by atoms with Crippen molar-refractivity contribution in [2.75, 3.05) is 19.7 Å². The topological polar surface area (TPSA) is 75.7 Å². The first kappa shape index (κ1) is 27.9. The summed E-state index contributed by atoms with van der Waals surface area (Å²) in [5.41, 5.74) is 1.68. The highest BCUT2D eigenvalue weighted by Gasteiger charge is 2.35. The van der Waals surface area contributed by atoms with Gasteiger partial charge in [-0.15, -0.1) is 0 Å². The molecule has 1 heterocycles. The predicted molar refractivity (Wildman–Crippen MR) is 136 cm³/mol. The van der Waals surface area contributed by atoms with Crippen molar-refractivity contribution in [3.63, 3.8) is 0 Å². The molecule has 190 valence electrons. The van der Waals surface area contributed by atoms with Gasteiger partial charge in [-0.1, -0.05) is 90.7 Å². The van der Waals surface area contributed by atoms with Crippen molar-refractivity contribution in [2.24, 2.45) is 0 Å². The quantitative estimate of drug-likeness (QED) is 0.266. The molecule has 0 aliphatic carbocycles. The minimum absolute atomic E-state index is 0.112. The van der Waals surface area contributed by atoms with E-state index >= 15 is 0 Å². The molecular weight excluding hydrogens is 428 g/mol. The van der Waals surface area contributed by atoms with Crippen molar-refractivity contribution >= 4 is 17.8 Å². The van der Waals surface area contributed by atoms with Crippen LogP contribution in [0, 0.1) is 0 Å². The zero-order valence-corrected chi connectivity index (χ0v) is 21.4. The van der Waals surface area contributed by atoms with Crippen LogP contribution in [0.15, 0.2) is 24.3 Å². The average Bonchev–Trinajstić information content (AvgIpc) is 2.83. The molecule has 0 aromatic heterocycles. The third-order valence-corrected chi connectivity index (χ3v) is 6.54. The van der Waals surface area contributed by atoms with E-state index in [2.05, 4.69) is 26.1 Å². The number of ether oxygens (including phenoxy) is 1. The van der Waals surface area contributed by atoms with Crippen LogP contribution in [0.3, 0.4) is 0 Å². The van der Waals surface area contributed by atoms with Crippen molar-refractivity contribution in [1.29, 1.82) is 0 Å². The molecule has 1 aromatic carbocycles. The fourth-order valence-corrected chi connectivity index (χ4v) is 4.33.